The van der Waals surface area contributed by atoms with Gasteiger partial charge in [-0.2, -0.15) is 0 Å². The summed E-state index contributed by atoms with van der Waals surface area (Å²) in [5.41, 5.74) is 2.76. The lowest BCUT2D eigenvalue weighted by Crippen LogP contribution is -2.46. The summed E-state index contributed by atoms with van der Waals surface area (Å²) in [4.78, 5) is 29.4. The highest BCUT2D eigenvalue weighted by Gasteiger charge is 2.35. The summed E-state index contributed by atoms with van der Waals surface area (Å²) in [6.45, 7) is 2.32. The minimum atomic E-state index is -0.952. The Morgan fingerprint density at radius 2 is 1.71 bits per heavy atom. The predicted octanol–water partition coefficient (Wildman–Crippen LogP) is 5.10. The first-order valence-electron chi connectivity index (χ1n) is 13.0. The van der Waals surface area contributed by atoms with Gasteiger partial charge in [0.05, 0.1) is 27.6 Å². The Labute approximate surface area is 223 Å². The zero-order valence-electron chi connectivity index (χ0n) is 22.5. The molecule has 1 aliphatic carbocycles. The summed E-state index contributed by atoms with van der Waals surface area (Å²) in [6, 6.07) is 14.0. The molecule has 1 fully saturated rings. The zero-order chi connectivity index (χ0) is 27.1. The number of nitrogens with one attached hydrogen (secondary N) is 1. The molecule has 8 heteroatoms. The van der Waals surface area contributed by atoms with E-state index in [4.69, 9.17) is 18.6 Å². The Kier molecular flexibility index (Phi) is 8.94. The van der Waals surface area contributed by atoms with Gasteiger partial charge in [-0.3, -0.25) is 9.59 Å². The molecular formula is C30H36N2O6. The molecule has 0 radical (unpaired) electrons. The number of rotatable bonds is 11. The second-order valence-electron chi connectivity index (χ2n) is 9.57. The van der Waals surface area contributed by atoms with Crippen molar-refractivity contribution >= 4 is 11.8 Å². The van der Waals surface area contributed by atoms with Crippen LogP contribution in [-0.2, 0) is 11.2 Å². The topological polar surface area (TPSA) is 90.2 Å². The molecule has 0 bridgehead atoms. The fourth-order valence-corrected chi connectivity index (χ4v) is 5.09. The van der Waals surface area contributed by atoms with E-state index in [1.54, 1.807) is 29.2 Å². The van der Waals surface area contributed by atoms with E-state index in [1.165, 1.54) is 27.6 Å². The summed E-state index contributed by atoms with van der Waals surface area (Å²) < 4.78 is 22.1. The Morgan fingerprint density at radius 3 is 2.29 bits per heavy atom. The molecule has 0 aliphatic heterocycles. The number of amides is 2. The van der Waals surface area contributed by atoms with Crippen molar-refractivity contribution in [2.24, 2.45) is 0 Å². The van der Waals surface area contributed by atoms with E-state index in [1.807, 2.05) is 25.1 Å². The maximum Gasteiger partial charge on any atom is 0.290 e. The molecule has 4 rings (SSSR count). The highest BCUT2D eigenvalue weighted by atomic mass is 16.5. The molecule has 2 aromatic carbocycles. The van der Waals surface area contributed by atoms with Gasteiger partial charge in [-0.25, -0.2) is 0 Å². The maximum atomic E-state index is 14.0. The second-order valence-corrected chi connectivity index (χ2v) is 9.57. The lowest BCUT2D eigenvalue weighted by molar-refractivity contribution is -0.126. The number of aryl methyl sites for hydroxylation is 1. The van der Waals surface area contributed by atoms with Crippen LogP contribution in [0.15, 0.2) is 59.2 Å². The van der Waals surface area contributed by atoms with Crippen molar-refractivity contribution in [1.82, 2.24) is 10.2 Å². The van der Waals surface area contributed by atoms with Crippen molar-refractivity contribution in [2.75, 3.05) is 27.9 Å². The largest absolute Gasteiger partial charge is 0.493 e. The summed E-state index contributed by atoms with van der Waals surface area (Å²) in [7, 11) is 4.58. The van der Waals surface area contributed by atoms with Crippen LogP contribution in [0.25, 0.3) is 0 Å². The molecule has 8 nitrogen and oxygen atoms in total. The van der Waals surface area contributed by atoms with Gasteiger partial charge >= 0.3 is 0 Å². The lowest BCUT2D eigenvalue weighted by Gasteiger charge is -2.32. The first-order valence-corrected chi connectivity index (χ1v) is 13.0. The van der Waals surface area contributed by atoms with E-state index in [9.17, 15) is 9.59 Å². The van der Waals surface area contributed by atoms with E-state index in [-0.39, 0.29) is 23.6 Å². The quantitative estimate of drug-likeness (QED) is 0.378. The number of carbonyl (C=O) groups is 2. The number of methoxy groups -OCH3 is 3. The molecule has 0 saturated heterocycles. The van der Waals surface area contributed by atoms with Gasteiger partial charge in [0.25, 0.3) is 5.91 Å². The third-order valence-corrected chi connectivity index (χ3v) is 6.98. The molecule has 0 spiro atoms. The fourth-order valence-electron chi connectivity index (χ4n) is 5.09. The average molecular weight is 521 g/mol. The minimum absolute atomic E-state index is 0.0735. The normalized spacial score (nSPS) is 14.1. The molecule has 0 unspecified atom stereocenters. The SMILES string of the molecule is COc1cc([C@H](C(=O)NC2CCCC2)N(CCc2cccc(C)c2)C(=O)c2ccco2)cc(OC)c1OC. The first-order chi connectivity index (χ1) is 18.4. The molecule has 1 heterocycles. The molecule has 1 aliphatic rings. The second kappa shape index (κ2) is 12.5. The van der Waals surface area contributed by atoms with Crippen LogP contribution < -0.4 is 19.5 Å². The lowest BCUT2D eigenvalue weighted by atomic mass is 10.00. The molecule has 202 valence electrons. The van der Waals surface area contributed by atoms with Crippen LogP contribution in [0.4, 0.5) is 0 Å². The zero-order valence-corrected chi connectivity index (χ0v) is 22.5. The highest BCUT2D eigenvalue weighted by molar-refractivity contribution is 5.96. The van der Waals surface area contributed by atoms with E-state index >= 15 is 0 Å². The van der Waals surface area contributed by atoms with Crippen molar-refractivity contribution in [3.63, 3.8) is 0 Å². The molecule has 2 amide bonds. The van der Waals surface area contributed by atoms with Crippen LogP contribution in [0, 0.1) is 6.92 Å². The van der Waals surface area contributed by atoms with Crippen LogP contribution in [-0.4, -0.2) is 50.6 Å². The minimum Gasteiger partial charge on any atom is -0.493 e. The third-order valence-electron chi connectivity index (χ3n) is 6.98. The van der Waals surface area contributed by atoms with Crippen LogP contribution in [0.1, 0.15) is 59.0 Å². The summed E-state index contributed by atoms with van der Waals surface area (Å²) in [5.74, 6) is 0.769. The molecular weight excluding hydrogens is 484 g/mol. The van der Waals surface area contributed by atoms with Gasteiger partial charge in [-0.15, -0.1) is 0 Å². The van der Waals surface area contributed by atoms with E-state index in [2.05, 4.69) is 11.4 Å². The van der Waals surface area contributed by atoms with Gasteiger partial charge < -0.3 is 28.8 Å². The van der Waals surface area contributed by atoms with Gasteiger partial charge in [0, 0.05) is 12.6 Å². The third kappa shape index (κ3) is 6.13. The number of benzene rings is 2. The summed E-state index contributed by atoms with van der Waals surface area (Å²) >= 11 is 0. The number of nitrogens with zero attached hydrogens (tertiary/aromatic N) is 1. The Bertz CT molecular complexity index is 1210. The number of hydrogen-bond donors (Lipinski definition) is 1. The Hall–Kier alpha value is -3.94. The van der Waals surface area contributed by atoms with Gasteiger partial charge in [0.2, 0.25) is 11.7 Å². The van der Waals surface area contributed by atoms with E-state index in [0.29, 0.717) is 35.8 Å². The first kappa shape index (κ1) is 27.1. The predicted molar refractivity (Wildman–Crippen MR) is 144 cm³/mol. The van der Waals surface area contributed by atoms with E-state index < -0.39 is 6.04 Å². The smallest absolute Gasteiger partial charge is 0.290 e. The molecule has 1 N–H and O–H groups in total. The summed E-state index contributed by atoms with van der Waals surface area (Å²) in [5, 5.41) is 3.19. The van der Waals surface area contributed by atoms with Crippen molar-refractivity contribution < 1.29 is 28.2 Å². The van der Waals surface area contributed by atoms with E-state index in [0.717, 1.165) is 36.8 Å². The van der Waals surface area contributed by atoms with Gasteiger partial charge in [0.1, 0.15) is 6.04 Å². The number of hydrogen-bond acceptors (Lipinski definition) is 6. The highest BCUT2D eigenvalue weighted by Crippen LogP contribution is 2.41. The number of carbonyl (C=O) groups excluding carboxylic acids is 2. The fraction of sp³-hybridized carbons (Fsp3) is 0.400. The van der Waals surface area contributed by atoms with Crippen molar-refractivity contribution in [3.8, 4) is 17.2 Å². The maximum absolute atomic E-state index is 14.0. The van der Waals surface area contributed by atoms with Crippen LogP contribution in [0.2, 0.25) is 0 Å². The molecule has 38 heavy (non-hydrogen) atoms. The van der Waals surface area contributed by atoms with Crippen molar-refractivity contribution in [2.45, 2.75) is 51.1 Å². The van der Waals surface area contributed by atoms with Gasteiger partial charge in [-0.1, -0.05) is 42.7 Å². The number of ether oxygens (including phenoxy) is 3. The van der Waals surface area contributed by atoms with Crippen LogP contribution in [0.5, 0.6) is 17.2 Å². The standard InChI is InChI=1S/C30H36N2O6/c1-20-9-7-10-21(17-20)14-15-32(30(34)24-13-8-16-38-24)27(29(33)31-23-11-5-6-12-23)22-18-25(35-2)28(37-4)26(19-22)36-3/h7-10,13,16-19,23,27H,5-6,11-12,14-15H2,1-4H3,(H,31,33)/t27-/m1/s1. The van der Waals surface area contributed by atoms with Gasteiger partial charge in [-0.05, 0) is 61.6 Å². The monoisotopic (exact) mass is 520 g/mol. The molecule has 1 saturated carbocycles. The van der Waals surface area contributed by atoms with Crippen LogP contribution in [0.3, 0.4) is 0 Å². The molecule has 3 aromatic rings. The van der Waals surface area contributed by atoms with Crippen LogP contribution >= 0.6 is 0 Å². The van der Waals surface area contributed by atoms with Gasteiger partial charge in [0.15, 0.2) is 17.3 Å². The molecule has 1 atom stereocenters. The average Bonchev–Trinajstić information content (AvgIpc) is 3.64. The Balaban J connectivity index is 1.79. The number of furan rings is 1. The molecule has 1 aromatic heterocycles. The van der Waals surface area contributed by atoms with Crippen molar-refractivity contribution in [3.05, 3.63) is 77.2 Å². The Morgan fingerprint density at radius 1 is 1.00 bits per heavy atom. The summed E-state index contributed by atoms with van der Waals surface area (Å²) in [6.07, 6.45) is 6.00. The van der Waals surface area contributed by atoms with Crippen molar-refractivity contribution in [1.29, 1.82) is 0 Å².